The molecule has 4 rings (SSSR count). The molecule has 0 fully saturated rings. The third-order valence-electron chi connectivity index (χ3n) is 4.59. The summed E-state index contributed by atoms with van der Waals surface area (Å²) in [6.45, 7) is 1.05. The number of amides is 2. The first kappa shape index (κ1) is 19.8. The van der Waals surface area contributed by atoms with E-state index in [1.807, 2.05) is 41.8 Å². The molecule has 2 N–H and O–H groups in total. The summed E-state index contributed by atoms with van der Waals surface area (Å²) >= 11 is 1.54. The first-order valence-corrected chi connectivity index (χ1v) is 10.3. The highest BCUT2D eigenvalue weighted by atomic mass is 32.1. The smallest absolute Gasteiger partial charge is 0.315 e. The Kier molecular flexibility index (Phi) is 6.14. The van der Waals surface area contributed by atoms with Crippen LogP contribution in [-0.4, -0.2) is 20.8 Å². The number of carbonyl (C=O) groups excluding carboxylic acids is 1. The molecule has 2 aromatic carbocycles. The van der Waals surface area contributed by atoms with Crippen LogP contribution in [0.3, 0.4) is 0 Å². The standard InChI is InChI=1S/C22H20FN5OS/c23-19-9-7-18(8-10-19)21(20-2-1-11-30-20)27-22(29)25-12-16-3-5-17(6-4-16)13-28-15-24-14-26-28/h1-11,14-15,21H,12-13H2,(H2,25,27,29)/t21-/m1/s1. The summed E-state index contributed by atoms with van der Waals surface area (Å²) in [6, 6.07) is 17.4. The molecular formula is C22H20FN5OS. The van der Waals surface area contributed by atoms with Gasteiger partial charge in [-0.05, 0) is 40.3 Å². The summed E-state index contributed by atoms with van der Waals surface area (Å²) in [6.07, 6.45) is 3.18. The predicted octanol–water partition coefficient (Wildman–Crippen LogP) is 4.12. The Bertz CT molecular complexity index is 1060. The van der Waals surface area contributed by atoms with E-state index in [1.165, 1.54) is 18.5 Å². The van der Waals surface area contributed by atoms with Gasteiger partial charge in [-0.25, -0.2) is 18.9 Å². The molecule has 0 spiro atoms. The van der Waals surface area contributed by atoms with Crippen LogP contribution in [0.5, 0.6) is 0 Å². The van der Waals surface area contributed by atoms with Gasteiger partial charge >= 0.3 is 6.03 Å². The summed E-state index contributed by atoms with van der Waals surface area (Å²) in [7, 11) is 0. The Morgan fingerprint density at radius 3 is 2.50 bits per heavy atom. The summed E-state index contributed by atoms with van der Waals surface area (Å²) in [5.41, 5.74) is 2.91. The van der Waals surface area contributed by atoms with Crippen molar-refractivity contribution in [3.8, 4) is 0 Å². The molecular weight excluding hydrogens is 401 g/mol. The lowest BCUT2D eigenvalue weighted by atomic mass is 10.1. The zero-order valence-electron chi connectivity index (χ0n) is 16.0. The van der Waals surface area contributed by atoms with Crippen LogP contribution in [0.4, 0.5) is 9.18 Å². The van der Waals surface area contributed by atoms with Crippen LogP contribution in [0.2, 0.25) is 0 Å². The summed E-state index contributed by atoms with van der Waals surface area (Å²) in [4.78, 5) is 17.4. The quantitative estimate of drug-likeness (QED) is 0.472. The van der Waals surface area contributed by atoms with Gasteiger partial charge in [0.05, 0.1) is 12.6 Å². The normalized spacial score (nSPS) is 11.8. The Morgan fingerprint density at radius 1 is 1.07 bits per heavy atom. The fourth-order valence-corrected chi connectivity index (χ4v) is 3.86. The molecule has 6 nitrogen and oxygen atoms in total. The van der Waals surface area contributed by atoms with E-state index < -0.39 is 0 Å². The second kappa shape index (κ2) is 9.32. The minimum absolute atomic E-state index is 0.288. The van der Waals surface area contributed by atoms with E-state index in [4.69, 9.17) is 0 Å². The van der Waals surface area contributed by atoms with Crippen LogP contribution >= 0.6 is 11.3 Å². The topological polar surface area (TPSA) is 71.8 Å². The maximum atomic E-state index is 13.3. The zero-order valence-corrected chi connectivity index (χ0v) is 16.8. The number of hydrogen-bond acceptors (Lipinski definition) is 4. The number of halogens is 1. The molecule has 8 heteroatoms. The monoisotopic (exact) mass is 421 g/mol. The van der Waals surface area contributed by atoms with Crippen molar-refractivity contribution in [2.75, 3.05) is 0 Å². The van der Waals surface area contributed by atoms with Gasteiger partial charge in [0.2, 0.25) is 0 Å². The molecule has 2 heterocycles. The molecule has 0 unspecified atom stereocenters. The van der Waals surface area contributed by atoms with Crippen molar-refractivity contribution in [1.82, 2.24) is 25.4 Å². The Hall–Kier alpha value is -3.52. The lowest BCUT2D eigenvalue weighted by molar-refractivity contribution is 0.238. The lowest BCUT2D eigenvalue weighted by Gasteiger charge is -2.18. The summed E-state index contributed by atoms with van der Waals surface area (Å²) in [5, 5.41) is 11.9. The molecule has 1 atom stereocenters. The molecule has 2 aromatic heterocycles. The number of thiophene rings is 1. The van der Waals surface area contributed by atoms with Crippen molar-refractivity contribution in [2.45, 2.75) is 19.1 Å². The van der Waals surface area contributed by atoms with Gasteiger partial charge in [-0.2, -0.15) is 5.10 Å². The molecule has 30 heavy (non-hydrogen) atoms. The van der Waals surface area contributed by atoms with Crippen LogP contribution in [0.25, 0.3) is 0 Å². The van der Waals surface area contributed by atoms with Crippen LogP contribution in [0.15, 0.2) is 78.7 Å². The molecule has 0 bridgehead atoms. The molecule has 0 saturated carbocycles. The number of benzene rings is 2. The fraction of sp³-hybridized carbons (Fsp3) is 0.136. The maximum Gasteiger partial charge on any atom is 0.315 e. The lowest BCUT2D eigenvalue weighted by Crippen LogP contribution is -2.37. The number of hydrogen-bond donors (Lipinski definition) is 2. The molecule has 0 saturated heterocycles. The molecule has 0 radical (unpaired) electrons. The maximum absolute atomic E-state index is 13.3. The van der Waals surface area contributed by atoms with Crippen LogP contribution < -0.4 is 10.6 Å². The van der Waals surface area contributed by atoms with Crippen molar-refractivity contribution >= 4 is 17.4 Å². The highest BCUT2D eigenvalue weighted by Crippen LogP contribution is 2.26. The second-order valence-electron chi connectivity index (χ2n) is 6.74. The van der Waals surface area contributed by atoms with Crippen LogP contribution in [0.1, 0.15) is 27.6 Å². The highest BCUT2D eigenvalue weighted by Gasteiger charge is 2.18. The Balaban J connectivity index is 1.36. The molecule has 152 valence electrons. The number of urea groups is 1. The van der Waals surface area contributed by atoms with Crippen molar-refractivity contribution < 1.29 is 9.18 Å². The van der Waals surface area contributed by atoms with Gasteiger partial charge in [0.15, 0.2) is 0 Å². The van der Waals surface area contributed by atoms with Gasteiger partial charge in [-0.15, -0.1) is 11.3 Å². The van der Waals surface area contributed by atoms with Gasteiger partial charge in [0.25, 0.3) is 0 Å². The molecule has 0 aliphatic carbocycles. The number of rotatable bonds is 7. The number of aromatic nitrogens is 3. The minimum atomic E-state index is -0.337. The van der Waals surface area contributed by atoms with E-state index in [0.29, 0.717) is 13.1 Å². The van der Waals surface area contributed by atoms with E-state index >= 15 is 0 Å². The second-order valence-corrected chi connectivity index (χ2v) is 7.72. The number of nitrogens with zero attached hydrogens (tertiary/aromatic N) is 3. The Labute approximate surface area is 177 Å². The van der Waals surface area contributed by atoms with Crippen LogP contribution in [0, 0.1) is 5.82 Å². The van der Waals surface area contributed by atoms with E-state index in [1.54, 1.807) is 34.5 Å². The average Bonchev–Trinajstić information content (AvgIpc) is 3.47. The molecule has 0 aliphatic rings. The van der Waals surface area contributed by atoms with Crippen LogP contribution in [-0.2, 0) is 13.1 Å². The minimum Gasteiger partial charge on any atom is -0.334 e. The number of nitrogens with one attached hydrogen (secondary N) is 2. The van der Waals surface area contributed by atoms with Crippen molar-refractivity contribution in [3.05, 3.63) is 106 Å². The van der Waals surface area contributed by atoms with Gasteiger partial charge < -0.3 is 10.6 Å². The Morgan fingerprint density at radius 2 is 1.83 bits per heavy atom. The van der Waals surface area contributed by atoms with Gasteiger partial charge in [-0.3, -0.25) is 0 Å². The summed E-state index contributed by atoms with van der Waals surface area (Å²) < 4.78 is 15.0. The van der Waals surface area contributed by atoms with Gasteiger partial charge in [-0.1, -0.05) is 42.5 Å². The van der Waals surface area contributed by atoms with Gasteiger partial charge in [0.1, 0.15) is 18.5 Å². The third-order valence-corrected chi connectivity index (χ3v) is 5.53. The third kappa shape index (κ3) is 5.09. The molecule has 4 aromatic rings. The number of carbonyl (C=O) groups is 1. The molecule has 0 aliphatic heterocycles. The first-order valence-electron chi connectivity index (χ1n) is 9.41. The van der Waals surface area contributed by atoms with E-state index in [-0.39, 0.29) is 17.9 Å². The van der Waals surface area contributed by atoms with Gasteiger partial charge in [0, 0.05) is 11.4 Å². The zero-order chi connectivity index (χ0) is 20.8. The first-order chi connectivity index (χ1) is 14.7. The van der Waals surface area contributed by atoms with E-state index in [2.05, 4.69) is 20.7 Å². The molecule has 2 amide bonds. The fourth-order valence-electron chi connectivity index (χ4n) is 3.06. The predicted molar refractivity (Wildman–Crippen MR) is 113 cm³/mol. The van der Waals surface area contributed by atoms with Crippen molar-refractivity contribution in [3.63, 3.8) is 0 Å². The van der Waals surface area contributed by atoms with E-state index in [0.717, 1.165) is 21.6 Å². The average molecular weight is 422 g/mol. The SMILES string of the molecule is O=C(NCc1ccc(Cn2cncn2)cc1)N[C@H](c1ccc(F)cc1)c1cccs1. The van der Waals surface area contributed by atoms with E-state index in [9.17, 15) is 9.18 Å². The van der Waals surface area contributed by atoms with Crippen molar-refractivity contribution in [2.24, 2.45) is 0 Å². The van der Waals surface area contributed by atoms with Crippen molar-refractivity contribution in [1.29, 1.82) is 0 Å². The summed E-state index contributed by atoms with van der Waals surface area (Å²) in [5.74, 6) is -0.305. The largest absolute Gasteiger partial charge is 0.334 e. The highest BCUT2D eigenvalue weighted by molar-refractivity contribution is 7.10.